The Morgan fingerprint density at radius 2 is 1.95 bits per heavy atom. The molecule has 0 aliphatic carbocycles. The Morgan fingerprint density at radius 1 is 1.14 bits per heavy atom. The van der Waals surface area contributed by atoms with Gasteiger partial charge < -0.3 is 10.2 Å². The van der Waals surface area contributed by atoms with Gasteiger partial charge in [-0.25, -0.2) is 4.79 Å². The van der Waals surface area contributed by atoms with Crippen LogP contribution in [0.1, 0.15) is 24.4 Å². The number of nitrogens with zero attached hydrogens (tertiary/aromatic N) is 1. The molecule has 114 valence electrons. The zero-order valence-corrected chi connectivity index (χ0v) is 13.4. The van der Waals surface area contributed by atoms with Gasteiger partial charge >= 0.3 is 6.03 Å². The molecule has 1 aliphatic heterocycles. The number of anilines is 1. The van der Waals surface area contributed by atoms with Crippen LogP contribution in [-0.2, 0) is 0 Å². The van der Waals surface area contributed by atoms with Crippen molar-refractivity contribution in [2.45, 2.75) is 18.9 Å². The van der Waals surface area contributed by atoms with E-state index in [0.717, 1.165) is 24.9 Å². The highest BCUT2D eigenvalue weighted by atomic mass is 35.5. The fourth-order valence-corrected chi connectivity index (χ4v) is 3.29. The number of amides is 2. The van der Waals surface area contributed by atoms with Crippen LogP contribution in [0.5, 0.6) is 0 Å². The fraction of sp³-hybridized carbons (Fsp3) is 0.235. The molecule has 0 spiro atoms. The first-order chi connectivity index (χ1) is 10.6. The summed E-state index contributed by atoms with van der Waals surface area (Å²) in [6, 6.07) is 14.7. The number of hydrogen-bond acceptors (Lipinski definition) is 1. The van der Waals surface area contributed by atoms with Gasteiger partial charge in [-0.3, -0.25) is 0 Å². The number of hydrogen-bond donors (Lipinski definition) is 1. The van der Waals surface area contributed by atoms with Crippen LogP contribution in [0.2, 0.25) is 10.0 Å². The van der Waals surface area contributed by atoms with E-state index in [1.165, 1.54) is 0 Å². The SMILES string of the molecule is O=C(Nc1cccc(Cl)c1)N1CCCC1c1ccccc1Cl. The Labute approximate surface area is 139 Å². The molecule has 1 unspecified atom stereocenters. The molecule has 5 heteroatoms. The molecule has 3 nitrogen and oxygen atoms in total. The van der Waals surface area contributed by atoms with Gasteiger partial charge in [0.2, 0.25) is 0 Å². The predicted molar refractivity (Wildman–Crippen MR) is 90.6 cm³/mol. The molecule has 1 fully saturated rings. The standard InChI is InChI=1S/C17H16Cl2N2O/c18-12-5-3-6-13(11-12)20-17(22)21-10-4-9-16(21)14-7-1-2-8-15(14)19/h1-3,5-8,11,16H,4,9-10H2,(H,20,22). The summed E-state index contributed by atoms with van der Waals surface area (Å²) in [4.78, 5) is 14.4. The first-order valence-electron chi connectivity index (χ1n) is 7.23. The summed E-state index contributed by atoms with van der Waals surface area (Å²) in [6.07, 6.45) is 1.89. The van der Waals surface area contributed by atoms with Crippen LogP contribution in [0.15, 0.2) is 48.5 Å². The number of benzene rings is 2. The molecule has 0 bridgehead atoms. The topological polar surface area (TPSA) is 32.3 Å². The highest BCUT2D eigenvalue weighted by Crippen LogP contribution is 2.36. The van der Waals surface area contributed by atoms with E-state index in [2.05, 4.69) is 5.32 Å². The zero-order valence-electron chi connectivity index (χ0n) is 11.9. The molecule has 0 radical (unpaired) electrons. The van der Waals surface area contributed by atoms with Crippen molar-refractivity contribution in [3.05, 3.63) is 64.1 Å². The van der Waals surface area contributed by atoms with Crippen molar-refractivity contribution < 1.29 is 4.79 Å². The minimum absolute atomic E-state index is 0.0212. The highest BCUT2D eigenvalue weighted by molar-refractivity contribution is 6.31. The Balaban J connectivity index is 1.78. The Morgan fingerprint density at radius 3 is 2.73 bits per heavy atom. The maximum absolute atomic E-state index is 12.5. The van der Waals surface area contributed by atoms with Gasteiger partial charge in [-0.2, -0.15) is 0 Å². The van der Waals surface area contributed by atoms with E-state index in [-0.39, 0.29) is 12.1 Å². The Kier molecular flexibility index (Phi) is 4.55. The lowest BCUT2D eigenvalue weighted by atomic mass is 10.0. The number of carbonyl (C=O) groups excluding carboxylic acids is 1. The van der Waals surface area contributed by atoms with E-state index in [4.69, 9.17) is 23.2 Å². The van der Waals surface area contributed by atoms with Crippen LogP contribution in [0.25, 0.3) is 0 Å². The van der Waals surface area contributed by atoms with Crippen molar-refractivity contribution in [1.82, 2.24) is 4.90 Å². The normalized spacial score (nSPS) is 17.5. The molecule has 0 aromatic heterocycles. The monoisotopic (exact) mass is 334 g/mol. The van der Waals surface area contributed by atoms with Crippen LogP contribution in [-0.4, -0.2) is 17.5 Å². The Hall–Kier alpha value is -1.71. The molecule has 1 N–H and O–H groups in total. The minimum atomic E-state index is -0.121. The van der Waals surface area contributed by atoms with Gasteiger partial charge in [0.05, 0.1) is 6.04 Å². The maximum Gasteiger partial charge on any atom is 0.322 e. The first kappa shape index (κ1) is 15.2. The molecule has 2 aromatic carbocycles. The molecule has 1 heterocycles. The van der Waals surface area contributed by atoms with Crippen molar-refractivity contribution in [1.29, 1.82) is 0 Å². The van der Waals surface area contributed by atoms with E-state index in [9.17, 15) is 4.79 Å². The molecule has 1 aliphatic rings. The van der Waals surface area contributed by atoms with Crippen LogP contribution in [0.4, 0.5) is 10.5 Å². The number of likely N-dealkylation sites (tertiary alicyclic amines) is 1. The molecular weight excluding hydrogens is 319 g/mol. The first-order valence-corrected chi connectivity index (χ1v) is 7.98. The number of carbonyl (C=O) groups is 1. The summed E-state index contributed by atoms with van der Waals surface area (Å²) in [7, 11) is 0. The Bertz CT molecular complexity index is 690. The number of rotatable bonds is 2. The second-order valence-corrected chi connectivity index (χ2v) is 6.16. The van der Waals surface area contributed by atoms with E-state index >= 15 is 0 Å². The number of nitrogens with one attached hydrogen (secondary N) is 1. The summed E-state index contributed by atoms with van der Waals surface area (Å²) in [5.41, 5.74) is 1.70. The predicted octanol–water partition coefficient (Wildman–Crippen LogP) is 5.36. The average Bonchev–Trinajstić information content (AvgIpc) is 2.97. The minimum Gasteiger partial charge on any atom is -0.317 e. The molecule has 22 heavy (non-hydrogen) atoms. The quantitative estimate of drug-likeness (QED) is 0.787. The molecule has 3 rings (SSSR count). The van der Waals surface area contributed by atoms with E-state index in [1.807, 2.05) is 41.3 Å². The number of halogens is 2. The van der Waals surface area contributed by atoms with Gasteiger partial charge in [0.15, 0.2) is 0 Å². The third kappa shape index (κ3) is 3.21. The summed E-state index contributed by atoms with van der Waals surface area (Å²) in [5.74, 6) is 0. The van der Waals surface area contributed by atoms with Crippen LogP contribution in [0, 0.1) is 0 Å². The summed E-state index contributed by atoms with van der Waals surface area (Å²) < 4.78 is 0. The zero-order chi connectivity index (χ0) is 15.5. The van der Waals surface area contributed by atoms with Gasteiger partial charge in [-0.05, 0) is 42.7 Å². The molecule has 1 saturated heterocycles. The van der Waals surface area contributed by atoms with Crippen LogP contribution >= 0.6 is 23.2 Å². The van der Waals surface area contributed by atoms with Crippen molar-refractivity contribution in [2.75, 3.05) is 11.9 Å². The molecule has 1 atom stereocenters. The van der Waals surface area contributed by atoms with Gasteiger partial charge in [0.1, 0.15) is 0 Å². The fourth-order valence-electron chi connectivity index (χ4n) is 2.84. The summed E-state index contributed by atoms with van der Waals surface area (Å²) in [6.45, 7) is 0.724. The van der Waals surface area contributed by atoms with E-state index in [0.29, 0.717) is 15.7 Å². The van der Waals surface area contributed by atoms with Crippen molar-refractivity contribution in [2.24, 2.45) is 0 Å². The lowest BCUT2D eigenvalue weighted by molar-refractivity contribution is 0.207. The maximum atomic E-state index is 12.5. The largest absolute Gasteiger partial charge is 0.322 e. The molecule has 0 saturated carbocycles. The van der Waals surface area contributed by atoms with E-state index in [1.54, 1.807) is 12.1 Å². The second kappa shape index (κ2) is 6.59. The molecular formula is C17H16Cl2N2O. The van der Waals surface area contributed by atoms with Gasteiger partial charge in [0, 0.05) is 22.3 Å². The van der Waals surface area contributed by atoms with Crippen LogP contribution in [0.3, 0.4) is 0 Å². The van der Waals surface area contributed by atoms with Gasteiger partial charge in [-0.15, -0.1) is 0 Å². The lowest BCUT2D eigenvalue weighted by Crippen LogP contribution is -2.34. The van der Waals surface area contributed by atoms with Crippen molar-refractivity contribution in [3.8, 4) is 0 Å². The van der Waals surface area contributed by atoms with E-state index < -0.39 is 0 Å². The van der Waals surface area contributed by atoms with Crippen molar-refractivity contribution in [3.63, 3.8) is 0 Å². The lowest BCUT2D eigenvalue weighted by Gasteiger charge is -2.26. The van der Waals surface area contributed by atoms with Crippen molar-refractivity contribution >= 4 is 34.9 Å². The second-order valence-electron chi connectivity index (χ2n) is 5.31. The summed E-state index contributed by atoms with van der Waals surface area (Å²) in [5, 5.41) is 4.21. The third-order valence-corrected chi connectivity index (χ3v) is 4.43. The van der Waals surface area contributed by atoms with Crippen LogP contribution < -0.4 is 5.32 Å². The van der Waals surface area contributed by atoms with Gasteiger partial charge in [0.25, 0.3) is 0 Å². The summed E-state index contributed by atoms with van der Waals surface area (Å²) >= 11 is 12.2. The average molecular weight is 335 g/mol. The number of urea groups is 1. The third-order valence-electron chi connectivity index (χ3n) is 3.85. The van der Waals surface area contributed by atoms with Gasteiger partial charge in [-0.1, -0.05) is 47.5 Å². The molecule has 2 amide bonds. The molecule has 2 aromatic rings. The smallest absolute Gasteiger partial charge is 0.317 e. The highest BCUT2D eigenvalue weighted by Gasteiger charge is 2.31.